The number of benzene rings is 2. The lowest BCUT2D eigenvalue weighted by Crippen LogP contribution is -2.24. The van der Waals surface area contributed by atoms with Crippen molar-refractivity contribution >= 4 is 54.2 Å². The molecule has 2 aromatic carbocycles. The summed E-state index contributed by atoms with van der Waals surface area (Å²) in [5, 5.41) is 8.35. The molecule has 1 heterocycles. The van der Waals surface area contributed by atoms with E-state index in [1.165, 1.54) is 4.68 Å². The standard InChI is InChI=1S/C17H13Br2N3O2.C2H6/c1-22-17(24)12-5-3-2-4-11(12)15(21-22)9-16(23)20-14-7-6-10(18)8-13(14)19;1-2/h2-8H,9H2,1H3,(H,20,23);1-2H3. The van der Waals surface area contributed by atoms with Crippen LogP contribution in [0.3, 0.4) is 0 Å². The number of hydrogen-bond acceptors (Lipinski definition) is 3. The molecule has 0 aliphatic heterocycles. The van der Waals surface area contributed by atoms with E-state index < -0.39 is 0 Å². The third-order valence-corrected chi connectivity index (χ3v) is 4.72. The lowest BCUT2D eigenvalue weighted by Gasteiger charge is -2.10. The Kier molecular flexibility index (Phi) is 7.11. The predicted octanol–water partition coefficient (Wildman–Crippen LogP) is 4.67. The maximum absolute atomic E-state index is 12.4. The number of carbonyl (C=O) groups is 1. The fourth-order valence-electron chi connectivity index (χ4n) is 2.44. The zero-order chi connectivity index (χ0) is 19.3. The summed E-state index contributed by atoms with van der Waals surface area (Å²) in [4.78, 5) is 24.5. The van der Waals surface area contributed by atoms with Crippen LogP contribution in [0, 0.1) is 0 Å². The molecular formula is C19H19Br2N3O2. The highest BCUT2D eigenvalue weighted by Crippen LogP contribution is 2.26. The number of amides is 1. The van der Waals surface area contributed by atoms with Gasteiger partial charge in [0.05, 0.1) is 23.2 Å². The van der Waals surface area contributed by atoms with Crippen molar-refractivity contribution in [3.8, 4) is 0 Å². The van der Waals surface area contributed by atoms with E-state index in [2.05, 4.69) is 42.3 Å². The van der Waals surface area contributed by atoms with Crippen LogP contribution in [0.15, 0.2) is 56.2 Å². The number of hydrogen-bond donors (Lipinski definition) is 1. The smallest absolute Gasteiger partial charge is 0.274 e. The Labute approximate surface area is 168 Å². The number of aromatic nitrogens is 2. The monoisotopic (exact) mass is 479 g/mol. The highest BCUT2D eigenvalue weighted by atomic mass is 79.9. The van der Waals surface area contributed by atoms with Crippen LogP contribution >= 0.6 is 31.9 Å². The summed E-state index contributed by atoms with van der Waals surface area (Å²) < 4.78 is 2.96. The quantitative estimate of drug-likeness (QED) is 0.592. The van der Waals surface area contributed by atoms with Crippen molar-refractivity contribution in [1.29, 1.82) is 0 Å². The minimum absolute atomic E-state index is 0.0805. The Morgan fingerprint density at radius 2 is 1.77 bits per heavy atom. The molecule has 0 aliphatic rings. The number of anilines is 1. The molecule has 0 bridgehead atoms. The first-order valence-electron chi connectivity index (χ1n) is 8.15. The van der Waals surface area contributed by atoms with Gasteiger partial charge >= 0.3 is 0 Å². The maximum Gasteiger partial charge on any atom is 0.274 e. The Bertz CT molecular complexity index is 1000. The van der Waals surface area contributed by atoms with Crippen LogP contribution in [0.1, 0.15) is 19.5 Å². The number of aryl methyl sites for hydroxylation is 1. The molecule has 0 saturated heterocycles. The summed E-state index contributed by atoms with van der Waals surface area (Å²) in [6.07, 6.45) is 0.0805. The van der Waals surface area contributed by atoms with Gasteiger partial charge in [-0.3, -0.25) is 9.59 Å². The highest BCUT2D eigenvalue weighted by molar-refractivity contribution is 9.11. The minimum atomic E-state index is -0.200. The largest absolute Gasteiger partial charge is 0.325 e. The van der Waals surface area contributed by atoms with E-state index in [9.17, 15) is 9.59 Å². The van der Waals surface area contributed by atoms with E-state index in [1.807, 2.05) is 38.1 Å². The predicted molar refractivity (Wildman–Crippen MR) is 113 cm³/mol. The van der Waals surface area contributed by atoms with E-state index in [0.717, 1.165) is 8.95 Å². The van der Waals surface area contributed by atoms with Crippen molar-refractivity contribution in [3.63, 3.8) is 0 Å². The first kappa shape index (κ1) is 20.3. The van der Waals surface area contributed by atoms with E-state index in [0.29, 0.717) is 22.2 Å². The summed E-state index contributed by atoms with van der Waals surface area (Å²) in [7, 11) is 1.58. The number of carbonyl (C=O) groups excluding carboxylic acids is 1. The molecule has 0 radical (unpaired) electrons. The minimum Gasteiger partial charge on any atom is -0.325 e. The van der Waals surface area contributed by atoms with Crippen LogP contribution in [-0.4, -0.2) is 15.7 Å². The molecular weight excluding hydrogens is 462 g/mol. The number of fused-ring (bicyclic) bond motifs is 1. The Hall–Kier alpha value is -1.99. The van der Waals surface area contributed by atoms with Gasteiger partial charge in [-0.2, -0.15) is 5.10 Å². The van der Waals surface area contributed by atoms with Gasteiger partial charge in [0.2, 0.25) is 5.91 Å². The molecule has 7 heteroatoms. The number of nitrogens with one attached hydrogen (secondary N) is 1. The molecule has 136 valence electrons. The summed E-state index contributed by atoms with van der Waals surface area (Å²) in [5.41, 5.74) is 1.07. The SMILES string of the molecule is CC.Cn1nc(CC(=O)Nc2ccc(Br)cc2Br)c2ccccc2c1=O. The lowest BCUT2D eigenvalue weighted by atomic mass is 10.1. The van der Waals surface area contributed by atoms with Crippen LogP contribution in [0.25, 0.3) is 10.8 Å². The molecule has 3 rings (SSSR count). The topological polar surface area (TPSA) is 64.0 Å². The van der Waals surface area contributed by atoms with Crippen LogP contribution in [0.5, 0.6) is 0 Å². The Morgan fingerprint density at radius 1 is 1.12 bits per heavy atom. The van der Waals surface area contributed by atoms with Crippen molar-refractivity contribution in [2.45, 2.75) is 20.3 Å². The third-order valence-electron chi connectivity index (χ3n) is 3.57. The van der Waals surface area contributed by atoms with E-state index in [-0.39, 0.29) is 17.9 Å². The van der Waals surface area contributed by atoms with Crippen LogP contribution in [0.2, 0.25) is 0 Å². The maximum atomic E-state index is 12.4. The fraction of sp³-hybridized carbons (Fsp3) is 0.211. The average molecular weight is 481 g/mol. The summed E-state index contributed by atoms with van der Waals surface area (Å²) in [6.45, 7) is 4.00. The Morgan fingerprint density at radius 3 is 2.42 bits per heavy atom. The van der Waals surface area contributed by atoms with Crippen molar-refractivity contribution in [2.75, 3.05) is 5.32 Å². The van der Waals surface area contributed by atoms with Gasteiger partial charge in [-0.05, 0) is 40.2 Å². The zero-order valence-electron chi connectivity index (χ0n) is 14.7. The average Bonchev–Trinajstić information content (AvgIpc) is 2.63. The number of halogens is 2. The van der Waals surface area contributed by atoms with Crippen molar-refractivity contribution in [1.82, 2.24) is 9.78 Å². The van der Waals surface area contributed by atoms with Gasteiger partial charge in [-0.25, -0.2) is 4.68 Å². The molecule has 1 amide bonds. The highest BCUT2D eigenvalue weighted by Gasteiger charge is 2.13. The molecule has 5 nitrogen and oxygen atoms in total. The molecule has 0 unspecified atom stereocenters. The number of nitrogens with zero attached hydrogens (tertiary/aromatic N) is 2. The first-order valence-corrected chi connectivity index (χ1v) is 9.74. The molecule has 1 aromatic heterocycles. The van der Waals surface area contributed by atoms with Crippen molar-refractivity contribution in [3.05, 3.63) is 67.5 Å². The first-order chi connectivity index (χ1) is 12.5. The third kappa shape index (κ3) is 4.59. The molecule has 0 aliphatic carbocycles. The van der Waals surface area contributed by atoms with E-state index in [4.69, 9.17) is 0 Å². The zero-order valence-corrected chi connectivity index (χ0v) is 17.9. The molecule has 0 atom stereocenters. The van der Waals surface area contributed by atoms with Crippen LogP contribution in [-0.2, 0) is 18.3 Å². The molecule has 0 spiro atoms. The molecule has 0 fully saturated rings. The van der Waals surface area contributed by atoms with Gasteiger partial charge in [-0.1, -0.05) is 48.0 Å². The molecule has 3 aromatic rings. The summed E-state index contributed by atoms with van der Waals surface area (Å²) in [6, 6.07) is 12.7. The van der Waals surface area contributed by atoms with Gasteiger partial charge < -0.3 is 5.32 Å². The summed E-state index contributed by atoms with van der Waals surface area (Å²) >= 11 is 6.79. The van der Waals surface area contributed by atoms with Gasteiger partial charge in [0.15, 0.2) is 0 Å². The van der Waals surface area contributed by atoms with Crippen molar-refractivity contribution < 1.29 is 4.79 Å². The number of rotatable bonds is 3. The molecule has 26 heavy (non-hydrogen) atoms. The van der Waals surface area contributed by atoms with Gasteiger partial charge in [0.1, 0.15) is 0 Å². The van der Waals surface area contributed by atoms with Gasteiger partial charge in [0.25, 0.3) is 5.56 Å². The second-order valence-electron chi connectivity index (χ2n) is 5.27. The van der Waals surface area contributed by atoms with Gasteiger partial charge in [-0.15, -0.1) is 0 Å². The second-order valence-corrected chi connectivity index (χ2v) is 7.04. The molecule has 1 N–H and O–H groups in total. The van der Waals surface area contributed by atoms with E-state index >= 15 is 0 Å². The lowest BCUT2D eigenvalue weighted by molar-refractivity contribution is -0.115. The van der Waals surface area contributed by atoms with Crippen LogP contribution < -0.4 is 10.9 Å². The van der Waals surface area contributed by atoms with Crippen molar-refractivity contribution in [2.24, 2.45) is 7.05 Å². The normalized spacial score (nSPS) is 10.2. The van der Waals surface area contributed by atoms with E-state index in [1.54, 1.807) is 25.2 Å². The van der Waals surface area contributed by atoms with Crippen LogP contribution in [0.4, 0.5) is 5.69 Å². The summed E-state index contributed by atoms with van der Waals surface area (Å²) in [5.74, 6) is -0.200. The molecule has 0 saturated carbocycles. The Balaban J connectivity index is 0.00000117. The fourth-order valence-corrected chi connectivity index (χ4v) is 3.59. The second kappa shape index (κ2) is 9.09. The van der Waals surface area contributed by atoms with Gasteiger partial charge in [0, 0.05) is 21.4 Å².